The maximum atomic E-state index is 12.3. The van der Waals surface area contributed by atoms with Crippen LogP contribution in [-0.4, -0.2) is 36.1 Å². The minimum absolute atomic E-state index is 0.187. The van der Waals surface area contributed by atoms with E-state index in [-0.39, 0.29) is 22.0 Å². The van der Waals surface area contributed by atoms with E-state index in [4.69, 9.17) is 27.4 Å². The van der Waals surface area contributed by atoms with E-state index >= 15 is 0 Å². The van der Waals surface area contributed by atoms with Crippen LogP contribution in [0, 0.1) is 6.92 Å². The summed E-state index contributed by atoms with van der Waals surface area (Å²) >= 11 is 12.2. The topological polar surface area (TPSA) is 101 Å². The fourth-order valence-corrected chi connectivity index (χ4v) is 4.41. The van der Waals surface area contributed by atoms with Crippen LogP contribution in [0.5, 0.6) is 5.75 Å². The highest BCUT2D eigenvalue weighted by Gasteiger charge is 2.30. The van der Waals surface area contributed by atoms with Crippen LogP contribution < -0.4 is 9.29 Å². The van der Waals surface area contributed by atoms with Gasteiger partial charge in [-0.2, -0.15) is 26.7 Å². The monoisotopic (exact) mass is 521 g/mol. The van der Waals surface area contributed by atoms with E-state index in [0.29, 0.717) is 22.0 Å². The quantitative estimate of drug-likeness (QED) is 0.432. The van der Waals surface area contributed by atoms with Gasteiger partial charge in [-0.1, -0.05) is 23.2 Å². The molecule has 0 saturated heterocycles. The average molecular weight is 522 g/mol. The molecule has 7 nitrogen and oxygen atoms in total. The van der Waals surface area contributed by atoms with Crippen molar-refractivity contribution in [3.63, 3.8) is 0 Å². The number of hydrogen-bond acceptors (Lipinski definition) is 6. The van der Waals surface area contributed by atoms with Crippen molar-refractivity contribution in [3.8, 4) is 22.7 Å². The lowest BCUT2D eigenvalue weighted by molar-refractivity contribution is -0.255. The van der Waals surface area contributed by atoms with Gasteiger partial charge in [0, 0.05) is 16.1 Å². The standard InChI is InChI=1S/C20H15Cl2F3N2O5S/c1-11-17(19(28)29)26-27(16-7-4-13(21)10-15(16)22)18(11)12-2-5-14(6-3-12)32-33(30,31)9-8-20(23,24)25/h2-7,10H,8-9H2,1H3,(H,28,29)/p-1. The summed E-state index contributed by atoms with van der Waals surface area (Å²) in [5.74, 6) is -2.96. The zero-order valence-electron chi connectivity index (χ0n) is 16.7. The molecule has 0 atom stereocenters. The number of carboxylic acid groups (broad SMARTS) is 1. The van der Waals surface area contributed by atoms with Crippen LogP contribution in [0.1, 0.15) is 22.5 Å². The van der Waals surface area contributed by atoms with Gasteiger partial charge in [0.25, 0.3) is 0 Å². The first-order valence-corrected chi connectivity index (χ1v) is 11.5. The number of alkyl halides is 3. The van der Waals surface area contributed by atoms with Gasteiger partial charge in [-0.25, -0.2) is 4.68 Å². The fraction of sp³-hybridized carbons (Fsp3) is 0.200. The van der Waals surface area contributed by atoms with Crippen molar-refractivity contribution in [1.29, 1.82) is 0 Å². The van der Waals surface area contributed by atoms with Crippen molar-refractivity contribution in [3.05, 3.63) is 63.8 Å². The average Bonchev–Trinajstić information content (AvgIpc) is 3.04. The maximum absolute atomic E-state index is 12.3. The van der Waals surface area contributed by atoms with E-state index in [1.54, 1.807) is 0 Å². The maximum Gasteiger partial charge on any atom is 0.390 e. The Balaban J connectivity index is 1.99. The summed E-state index contributed by atoms with van der Waals surface area (Å²) in [5, 5.41) is 16.1. The molecule has 1 heterocycles. The number of carbonyl (C=O) groups is 1. The molecule has 0 bridgehead atoms. The summed E-state index contributed by atoms with van der Waals surface area (Å²) < 4.78 is 66.5. The van der Waals surface area contributed by atoms with Crippen molar-refractivity contribution in [2.75, 3.05) is 5.75 Å². The molecular formula is C20H14Cl2F3N2O5S-. The summed E-state index contributed by atoms with van der Waals surface area (Å²) in [5.41, 5.74) is 0.934. The third-order valence-corrected chi connectivity index (χ3v) is 6.13. The number of carboxylic acids is 1. The second kappa shape index (κ2) is 9.24. The van der Waals surface area contributed by atoms with Crippen LogP contribution >= 0.6 is 23.2 Å². The predicted molar refractivity (Wildman–Crippen MR) is 113 cm³/mol. The van der Waals surface area contributed by atoms with Gasteiger partial charge in [-0.05, 0) is 49.4 Å². The Morgan fingerprint density at radius 2 is 1.79 bits per heavy atom. The number of nitrogens with zero attached hydrogens (tertiary/aromatic N) is 2. The smallest absolute Gasteiger partial charge is 0.390 e. The van der Waals surface area contributed by atoms with Gasteiger partial charge < -0.3 is 14.1 Å². The van der Waals surface area contributed by atoms with Gasteiger partial charge in [0.15, 0.2) is 0 Å². The molecule has 33 heavy (non-hydrogen) atoms. The molecule has 0 unspecified atom stereocenters. The molecule has 0 aliphatic rings. The summed E-state index contributed by atoms with van der Waals surface area (Å²) in [6.45, 7) is 1.50. The van der Waals surface area contributed by atoms with E-state index < -0.39 is 34.4 Å². The number of aromatic nitrogens is 2. The minimum atomic E-state index is -4.64. The molecule has 1 aromatic heterocycles. The lowest BCUT2D eigenvalue weighted by atomic mass is 10.1. The second-order valence-electron chi connectivity index (χ2n) is 6.85. The molecule has 0 spiro atoms. The van der Waals surface area contributed by atoms with Crippen LogP contribution in [0.25, 0.3) is 16.9 Å². The number of rotatable bonds is 7. The van der Waals surface area contributed by atoms with Crippen molar-refractivity contribution >= 4 is 39.3 Å². The first kappa shape index (κ1) is 24.9. The molecule has 0 N–H and O–H groups in total. The van der Waals surface area contributed by atoms with Crippen molar-refractivity contribution in [2.24, 2.45) is 0 Å². The third-order valence-electron chi connectivity index (χ3n) is 4.44. The highest BCUT2D eigenvalue weighted by Crippen LogP contribution is 2.33. The Morgan fingerprint density at radius 3 is 2.33 bits per heavy atom. The number of aromatic carboxylic acids is 1. The lowest BCUT2D eigenvalue weighted by Crippen LogP contribution is -2.23. The van der Waals surface area contributed by atoms with Crippen LogP contribution in [0.2, 0.25) is 10.0 Å². The molecule has 176 valence electrons. The molecule has 0 fully saturated rings. The van der Waals surface area contributed by atoms with Gasteiger partial charge in [0.1, 0.15) is 11.4 Å². The van der Waals surface area contributed by atoms with E-state index in [2.05, 4.69) is 5.10 Å². The SMILES string of the molecule is Cc1c(C(=O)[O-])nn(-c2ccc(Cl)cc2Cl)c1-c1ccc(OS(=O)(=O)CCC(F)(F)F)cc1. The van der Waals surface area contributed by atoms with Crippen LogP contribution in [0.15, 0.2) is 42.5 Å². The molecule has 0 aliphatic carbocycles. The van der Waals surface area contributed by atoms with Gasteiger partial charge in [-0.3, -0.25) is 0 Å². The van der Waals surface area contributed by atoms with Crippen molar-refractivity contribution in [1.82, 2.24) is 9.78 Å². The largest absolute Gasteiger partial charge is 0.543 e. The van der Waals surface area contributed by atoms with E-state index in [0.717, 1.165) is 0 Å². The third kappa shape index (κ3) is 5.98. The first-order chi connectivity index (χ1) is 15.3. The summed E-state index contributed by atoms with van der Waals surface area (Å²) in [4.78, 5) is 11.5. The summed E-state index contributed by atoms with van der Waals surface area (Å²) in [7, 11) is -4.47. The Bertz CT molecular complexity index is 1310. The van der Waals surface area contributed by atoms with Gasteiger partial charge in [0.2, 0.25) is 0 Å². The van der Waals surface area contributed by atoms with Gasteiger partial charge >= 0.3 is 16.3 Å². The number of benzene rings is 2. The number of carbonyl (C=O) groups excluding carboxylic acids is 1. The lowest BCUT2D eigenvalue weighted by Gasteiger charge is -2.12. The van der Waals surface area contributed by atoms with Crippen molar-refractivity contribution in [2.45, 2.75) is 19.5 Å². The van der Waals surface area contributed by atoms with Crippen LogP contribution in [0.4, 0.5) is 13.2 Å². The molecule has 0 saturated carbocycles. The van der Waals surface area contributed by atoms with Crippen molar-refractivity contribution < 1.29 is 35.7 Å². The fourth-order valence-electron chi connectivity index (χ4n) is 2.95. The molecule has 0 radical (unpaired) electrons. The minimum Gasteiger partial charge on any atom is -0.543 e. The summed E-state index contributed by atoms with van der Waals surface area (Å²) in [6, 6.07) is 9.75. The molecule has 3 aromatic rings. The highest BCUT2D eigenvalue weighted by atomic mass is 35.5. The Hall–Kier alpha value is -2.76. The van der Waals surface area contributed by atoms with E-state index in [9.17, 15) is 31.5 Å². The van der Waals surface area contributed by atoms with Gasteiger partial charge in [-0.15, -0.1) is 0 Å². The molecule has 0 amide bonds. The normalized spacial score (nSPS) is 12.1. The molecule has 3 rings (SSSR count). The Morgan fingerprint density at radius 1 is 1.15 bits per heavy atom. The van der Waals surface area contributed by atoms with Crippen LogP contribution in [-0.2, 0) is 10.1 Å². The molecule has 13 heteroatoms. The molecule has 0 aliphatic heterocycles. The number of halogens is 5. The van der Waals surface area contributed by atoms with E-state index in [1.165, 1.54) is 54.1 Å². The molecule has 2 aromatic carbocycles. The van der Waals surface area contributed by atoms with E-state index in [1.807, 2.05) is 0 Å². The number of hydrogen-bond donors (Lipinski definition) is 0. The summed E-state index contributed by atoms with van der Waals surface area (Å²) in [6.07, 6.45) is -6.19. The second-order valence-corrected chi connectivity index (χ2v) is 9.39. The zero-order valence-corrected chi connectivity index (χ0v) is 19.0. The zero-order chi connectivity index (χ0) is 24.6. The Kier molecular flexibility index (Phi) is 6.96. The predicted octanol–water partition coefficient (Wildman–Crippen LogP) is 4.18. The van der Waals surface area contributed by atoms with Crippen LogP contribution in [0.3, 0.4) is 0 Å². The molecular weight excluding hydrogens is 508 g/mol. The Labute approximate surface area is 196 Å². The van der Waals surface area contributed by atoms with Gasteiger partial charge in [0.05, 0.1) is 34.5 Å². The first-order valence-electron chi connectivity index (χ1n) is 9.13. The highest BCUT2D eigenvalue weighted by molar-refractivity contribution is 7.87.